The molecule has 18 heavy (non-hydrogen) atoms. The number of methoxy groups -OCH3 is 1. The molecule has 96 valence electrons. The molecular formula is C12H13NO5. The van der Waals surface area contributed by atoms with E-state index in [1.807, 2.05) is 0 Å². The molecule has 0 unspecified atom stereocenters. The highest BCUT2D eigenvalue weighted by molar-refractivity contribution is 5.77. The monoisotopic (exact) mass is 251 g/mol. The highest BCUT2D eigenvalue weighted by atomic mass is 16.6. The average molecular weight is 251 g/mol. The lowest BCUT2D eigenvalue weighted by Gasteiger charge is -2.11. The van der Waals surface area contributed by atoms with E-state index in [1.165, 1.54) is 20.1 Å². The van der Waals surface area contributed by atoms with Crippen LogP contribution in [0.4, 0.5) is 0 Å². The molecule has 1 aromatic carbocycles. The molecule has 0 aliphatic heterocycles. The molecule has 0 radical (unpaired) electrons. The van der Waals surface area contributed by atoms with E-state index >= 15 is 0 Å². The molecule has 0 spiro atoms. The molecule has 0 heterocycles. The Morgan fingerprint density at radius 1 is 1.50 bits per heavy atom. The molecular weight excluding hydrogens is 238 g/mol. The standard InChI is InChI=1S/C12H13NO5/c1-9(14)8-18-12-10(6-7-13(15)16)4-3-5-11(12)17-2/h3-7H,8H2,1-2H3/b7-6+. The topological polar surface area (TPSA) is 78.7 Å². The quantitative estimate of drug-likeness (QED) is 0.570. The second-order valence-corrected chi connectivity index (χ2v) is 3.47. The fourth-order valence-electron chi connectivity index (χ4n) is 1.29. The maximum atomic E-state index is 10.9. The summed E-state index contributed by atoms with van der Waals surface area (Å²) >= 11 is 0. The Kier molecular flexibility index (Phi) is 4.86. The minimum Gasteiger partial charge on any atom is -0.493 e. The normalized spacial score (nSPS) is 10.3. The maximum Gasteiger partial charge on any atom is 0.235 e. The Bertz CT molecular complexity index is 481. The SMILES string of the molecule is COc1cccc(/C=C/[N+](=O)[O-])c1OCC(C)=O. The van der Waals surface area contributed by atoms with E-state index < -0.39 is 4.92 Å². The van der Waals surface area contributed by atoms with Gasteiger partial charge in [-0.1, -0.05) is 12.1 Å². The van der Waals surface area contributed by atoms with Crippen LogP contribution in [-0.2, 0) is 4.79 Å². The van der Waals surface area contributed by atoms with Crippen molar-refractivity contribution >= 4 is 11.9 Å². The first-order valence-corrected chi connectivity index (χ1v) is 5.15. The van der Waals surface area contributed by atoms with Crippen LogP contribution in [0.2, 0.25) is 0 Å². The highest BCUT2D eigenvalue weighted by Gasteiger charge is 2.10. The van der Waals surface area contributed by atoms with Crippen molar-refractivity contribution in [2.75, 3.05) is 13.7 Å². The van der Waals surface area contributed by atoms with Gasteiger partial charge in [-0.25, -0.2) is 0 Å². The number of hydrogen-bond donors (Lipinski definition) is 0. The summed E-state index contributed by atoms with van der Waals surface area (Å²) in [4.78, 5) is 20.6. The van der Waals surface area contributed by atoms with Gasteiger partial charge in [-0.3, -0.25) is 14.9 Å². The first-order valence-electron chi connectivity index (χ1n) is 5.15. The van der Waals surface area contributed by atoms with Crippen molar-refractivity contribution in [2.24, 2.45) is 0 Å². The lowest BCUT2D eigenvalue weighted by atomic mass is 10.2. The summed E-state index contributed by atoms with van der Waals surface area (Å²) in [5, 5.41) is 10.3. The Hall–Kier alpha value is -2.37. The minimum atomic E-state index is -0.575. The van der Waals surface area contributed by atoms with E-state index in [1.54, 1.807) is 18.2 Å². The number of carbonyl (C=O) groups is 1. The van der Waals surface area contributed by atoms with Gasteiger partial charge in [-0.2, -0.15) is 0 Å². The number of hydrogen-bond acceptors (Lipinski definition) is 5. The van der Waals surface area contributed by atoms with Crippen molar-refractivity contribution in [3.63, 3.8) is 0 Å². The van der Waals surface area contributed by atoms with Gasteiger partial charge < -0.3 is 9.47 Å². The van der Waals surface area contributed by atoms with Crippen LogP contribution in [0.25, 0.3) is 6.08 Å². The van der Waals surface area contributed by atoms with E-state index in [2.05, 4.69) is 0 Å². The summed E-state index contributed by atoms with van der Waals surface area (Å²) in [5.74, 6) is 0.583. The van der Waals surface area contributed by atoms with Crippen LogP contribution in [0.3, 0.4) is 0 Å². The second kappa shape index (κ2) is 6.39. The van der Waals surface area contributed by atoms with Crippen LogP contribution in [0.15, 0.2) is 24.4 Å². The summed E-state index contributed by atoms with van der Waals surface area (Å²) in [6.07, 6.45) is 2.09. The van der Waals surface area contributed by atoms with Crippen LogP contribution in [0.1, 0.15) is 12.5 Å². The van der Waals surface area contributed by atoms with Gasteiger partial charge in [-0.15, -0.1) is 0 Å². The van der Waals surface area contributed by atoms with Crippen molar-refractivity contribution in [1.82, 2.24) is 0 Å². The summed E-state index contributed by atoms with van der Waals surface area (Å²) in [6, 6.07) is 4.97. The van der Waals surface area contributed by atoms with Gasteiger partial charge in [0.2, 0.25) is 6.20 Å². The van der Waals surface area contributed by atoms with Crippen LogP contribution >= 0.6 is 0 Å². The molecule has 1 aromatic rings. The predicted molar refractivity (Wildman–Crippen MR) is 65.2 cm³/mol. The number of ether oxygens (including phenoxy) is 2. The molecule has 0 aliphatic carbocycles. The molecule has 6 heteroatoms. The molecule has 0 saturated heterocycles. The largest absolute Gasteiger partial charge is 0.493 e. The first-order chi connectivity index (χ1) is 8.54. The lowest BCUT2D eigenvalue weighted by Crippen LogP contribution is -2.08. The fraction of sp³-hybridized carbons (Fsp3) is 0.250. The molecule has 0 atom stereocenters. The zero-order chi connectivity index (χ0) is 13.5. The first kappa shape index (κ1) is 13.7. The average Bonchev–Trinajstić information content (AvgIpc) is 2.33. The smallest absolute Gasteiger partial charge is 0.235 e. The van der Waals surface area contributed by atoms with Crippen LogP contribution in [0.5, 0.6) is 11.5 Å². The molecule has 0 aromatic heterocycles. The Labute approximate surface area is 104 Å². The lowest BCUT2D eigenvalue weighted by molar-refractivity contribution is -0.400. The van der Waals surface area contributed by atoms with Gasteiger partial charge in [-0.05, 0) is 13.0 Å². The van der Waals surface area contributed by atoms with Crippen LogP contribution in [-0.4, -0.2) is 24.4 Å². The highest BCUT2D eigenvalue weighted by Crippen LogP contribution is 2.31. The fourth-order valence-corrected chi connectivity index (χ4v) is 1.29. The van der Waals surface area contributed by atoms with Crippen LogP contribution < -0.4 is 9.47 Å². The van der Waals surface area contributed by atoms with Gasteiger partial charge in [0, 0.05) is 11.6 Å². The van der Waals surface area contributed by atoms with E-state index in [0.29, 0.717) is 17.1 Å². The van der Waals surface area contributed by atoms with Crippen LogP contribution in [0, 0.1) is 10.1 Å². The van der Waals surface area contributed by atoms with E-state index in [-0.39, 0.29) is 12.4 Å². The number of Topliss-reactive ketones (excluding diaryl/α,β-unsaturated/α-hetero) is 1. The van der Waals surface area contributed by atoms with E-state index in [0.717, 1.165) is 6.20 Å². The summed E-state index contributed by atoms with van der Waals surface area (Å²) in [7, 11) is 1.46. The number of benzene rings is 1. The zero-order valence-corrected chi connectivity index (χ0v) is 10.1. The van der Waals surface area contributed by atoms with Gasteiger partial charge in [0.1, 0.15) is 6.61 Å². The molecule has 0 fully saturated rings. The third kappa shape index (κ3) is 3.89. The predicted octanol–water partition coefficient (Wildman–Crippen LogP) is 1.91. The third-order valence-electron chi connectivity index (χ3n) is 2.02. The minimum absolute atomic E-state index is 0.111. The zero-order valence-electron chi connectivity index (χ0n) is 10.1. The van der Waals surface area contributed by atoms with Gasteiger partial charge in [0.15, 0.2) is 17.3 Å². The number of para-hydroxylation sites is 1. The molecule has 0 aliphatic rings. The van der Waals surface area contributed by atoms with E-state index in [9.17, 15) is 14.9 Å². The number of ketones is 1. The number of carbonyl (C=O) groups excluding carboxylic acids is 1. The van der Waals surface area contributed by atoms with Crippen molar-refractivity contribution in [2.45, 2.75) is 6.92 Å². The molecule has 0 amide bonds. The van der Waals surface area contributed by atoms with Gasteiger partial charge in [0.05, 0.1) is 12.0 Å². The molecule has 1 rings (SSSR count). The number of nitro groups is 1. The van der Waals surface area contributed by atoms with Gasteiger partial charge >= 0.3 is 0 Å². The third-order valence-corrected chi connectivity index (χ3v) is 2.02. The summed E-state index contributed by atoms with van der Waals surface area (Å²) in [5.41, 5.74) is 0.479. The van der Waals surface area contributed by atoms with Gasteiger partial charge in [0.25, 0.3) is 0 Å². The van der Waals surface area contributed by atoms with E-state index in [4.69, 9.17) is 9.47 Å². The Balaban J connectivity index is 3.07. The Morgan fingerprint density at radius 2 is 2.22 bits per heavy atom. The second-order valence-electron chi connectivity index (χ2n) is 3.47. The summed E-state index contributed by atoms with van der Waals surface area (Å²) < 4.78 is 10.4. The maximum absolute atomic E-state index is 10.9. The summed E-state index contributed by atoms with van der Waals surface area (Å²) in [6.45, 7) is 1.28. The number of rotatable bonds is 6. The Morgan fingerprint density at radius 3 is 2.78 bits per heavy atom. The molecule has 0 N–H and O–H groups in total. The molecule has 6 nitrogen and oxygen atoms in total. The van der Waals surface area contributed by atoms with Crippen molar-refractivity contribution < 1.29 is 19.2 Å². The molecule has 0 bridgehead atoms. The van der Waals surface area contributed by atoms with Crippen molar-refractivity contribution in [1.29, 1.82) is 0 Å². The van der Waals surface area contributed by atoms with Crippen molar-refractivity contribution in [3.8, 4) is 11.5 Å². The van der Waals surface area contributed by atoms with Crippen molar-refractivity contribution in [3.05, 3.63) is 40.1 Å². The molecule has 0 saturated carbocycles. The number of nitrogens with zero attached hydrogens (tertiary/aromatic N) is 1.